The first kappa shape index (κ1) is 29.8. The second-order valence-corrected chi connectivity index (χ2v) is 15.2. The predicted molar refractivity (Wildman–Crippen MR) is 156 cm³/mol. The summed E-state index contributed by atoms with van der Waals surface area (Å²) in [7, 11) is 0. The minimum absolute atomic E-state index is 0.126. The second kappa shape index (κ2) is 10.4. The fourth-order valence-corrected chi connectivity index (χ4v) is 10.1. The minimum Gasteiger partial charge on any atom is -0.461 e. The van der Waals surface area contributed by atoms with E-state index in [1.54, 1.807) is 12.5 Å². The fourth-order valence-electron chi connectivity index (χ4n) is 10.1. The van der Waals surface area contributed by atoms with Crippen LogP contribution in [0, 0.1) is 39.4 Å². The summed E-state index contributed by atoms with van der Waals surface area (Å²) in [5.41, 5.74) is 11.7. The van der Waals surface area contributed by atoms with Gasteiger partial charge in [-0.05, 0) is 119 Å². The molecular formula is C34H57NO3. The molecule has 0 heterocycles. The smallest absolute Gasteiger partial charge is 0.325 e. The molecule has 0 aromatic heterocycles. The van der Waals surface area contributed by atoms with E-state index < -0.39 is 18.1 Å². The van der Waals surface area contributed by atoms with Crippen molar-refractivity contribution >= 4 is 5.97 Å². The van der Waals surface area contributed by atoms with Crippen molar-refractivity contribution in [2.45, 2.75) is 145 Å². The molecule has 9 atom stereocenters. The number of carbonyl (C=O) groups is 1. The van der Waals surface area contributed by atoms with Crippen molar-refractivity contribution in [3.05, 3.63) is 22.8 Å². The molecule has 0 radical (unpaired) electrons. The summed E-state index contributed by atoms with van der Waals surface area (Å²) in [6.07, 6.45) is 13.4. The molecule has 4 aliphatic carbocycles. The highest BCUT2D eigenvalue weighted by Gasteiger charge is 2.63. The third-order valence-corrected chi connectivity index (χ3v) is 12.7. The SMILES string of the molecule is CC(C)=CCC[C@@H](C)[C@H]1CC[C@@]2(C)C3=C(CC[C@]12C)[C@@]1(C)CCC(OC(=O)[C@@H](N)[C@@H](C)O)C(C)(C)C1CC3. The number of hydrogen-bond donors (Lipinski definition) is 2. The standard InChI is InChI=1S/C34H57NO3/c1-21(2)11-10-12-22(3)24-15-19-34(9)26-13-14-27-31(5,6)28(38-30(37)29(35)23(4)36)17-18-32(27,7)25(26)16-20-33(24,34)8/h11,22-24,27-29,36H,10,12-20,35H2,1-9H3/t22-,23-,24-,27?,28?,29+,32-,33-,34+/m1/s1. The van der Waals surface area contributed by atoms with Crippen LogP contribution < -0.4 is 5.73 Å². The monoisotopic (exact) mass is 527 g/mol. The maximum absolute atomic E-state index is 12.7. The second-order valence-electron chi connectivity index (χ2n) is 15.2. The van der Waals surface area contributed by atoms with Crippen LogP contribution in [0.15, 0.2) is 22.8 Å². The van der Waals surface area contributed by atoms with Gasteiger partial charge in [0.2, 0.25) is 0 Å². The van der Waals surface area contributed by atoms with Crippen molar-refractivity contribution in [1.29, 1.82) is 0 Å². The third kappa shape index (κ3) is 4.64. The lowest BCUT2D eigenvalue weighted by Gasteiger charge is -2.62. The molecule has 0 aliphatic heterocycles. The molecule has 38 heavy (non-hydrogen) atoms. The molecule has 0 aromatic rings. The number of allylic oxidation sites excluding steroid dienone is 4. The van der Waals surface area contributed by atoms with Gasteiger partial charge in [-0.2, -0.15) is 0 Å². The van der Waals surface area contributed by atoms with Crippen LogP contribution >= 0.6 is 0 Å². The maximum atomic E-state index is 12.7. The van der Waals surface area contributed by atoms with Gasteiger partial charge in [0.05, 0.1) is 6.10 Å². The number of hydrogen-bond acceptors (Lipinski definition) is 4. The molecule has 0 saturated heterocycles. The number of nitrogens with two attached hydrogens (primary N) is 1. The molecule has 4 heteroatoms. The highest BCUT2D eigenvalue weighted by atomic mass is 16.5. The Morgan fingerprint density at radius 2 is 1.71 bits per heavy atom. The van der Waals surface area contributed by atoms with E-state index in [1.807, 2.05) is 5.57 Å². The Labute approximate surface area is 233 Å². The Balaban J connectivity index is 1.58. The van der Waals surface area contributed by atoms with Gasteiger partial charge in [-0.3, -0.25) is 4.79 Å². The van der Waals surface area contributed by atoms with Crippen molar-refractivity contribution in [3.8, 4) is 0 Å². The lowest BCUT2D eigenvalue weighted by molar-refractivity contribution is -0.173. The van der Waals surface area contributed by atoms with Gasteiger partial charge in [-0.25, -0.2) is 0 Å². The largest absolute Gasteiger partial charge is 0.461 e. The van der Waals surface area contributed by atoms with E-state index in [1.165, 1.54) is 56.9 Å². The molecule has 216 valence electrons. The Kier molecular flexibility index (Phi) is 8.14. The van der Waals surface area contributed by atoms with Crippen molar-refractivity contribution in [2.75, 3.05) is 0 Å². The molecule has 0 aromatic carbocycles. The summed E-state index contributed by atoms with van der Waals surface area (Å²) in [6.45, 7) is 20.9. The van der Waals surface area contributed by atoms with Crippen LogP contribution in [0.5, 0.6) is 0 Å². The zero-order valence-corrected chi connectivity index (χ0v) is 26.0. The Hall–Kier alpha value is -1.13. The maximum Gasteiger partial charge on any atom is 0.325 e. The summed E-state index contributed by atoms with van der Waals surface area (Å²) >= 11 is 0. The summed E-state index contributed by atoms with van der Waals surface area (Å²) in [6, 6.07) is -0.976. The zero-order chi connectivity index (χ0) is 28.3. The number of carbonyl (C=O) groups excluding carboxylic acids is 1. The van der Waals surface area contributed by atoms with Crippen LogP contribution in [0.2, 0.25) is 0 Å². The molecule has 4 rings (SSSR count). The van der Waals surface area contributed by atoms with Crippen molar-refractivity contribution < 1.29 is 14.6 Å². The van der Waals surface area contributed by atoms with E-state index in [2.05, 4.69) is 61.5 Å². The molecule has 2 fully saturated rings. The fraction of sp³-hybridized carbons (Fsp3) is 0.853. The average Bonchev–Trinajstić information content (AvgIpc) is 3.11. The number of esters is 1. The zero-order valence-electron chi connectivity index (χ0n) is 26.0. The average molecular weight is 528 g/mol. The number of aliphatic hydroxyl groups excluding tert-OH is 1. The van der Waals surface area contributed by atoms with Gasteiger partial charge in [-0.1, -0.05) is 64.3 Å². The van der Waals surface area contributed by atoms with E-state index in [9.17, 15) is 9.90 Å². The summed E-state index contributed by atoms with van der Waals surface area (Å²) in [4.78, 5) is 12.7. The lowest BCUT2D eigenvalue weighted by atomic mass is 9.43. The van der Waals surface area contributed by atoms with E-state index in [0.29, 0.717) is 16.7 Å². The highest BCUT2D eigenvalue weighted by molar-refractivity contribution is 5.76. The molecule has 4 nitrogen and oxygen atoms in total. The minimum atomic E-state index is -0.976. The lowest BCUT2D eigenvalue weighted by Crippen LogP contribution is -2.56. The normalized spacial score (nSPS) is 40.3. The van der Waals surface area contributed by atoms with Crippen molar-refractivity contribution in [3.63, 3.8) is 0 Å². The van der Waals surface area contributed by atoms with E-state index >= 15 is 0 Å². The van der Waals surface area contributed by atoms with Crippen LogP contribution in [0.1, 0.15) is 127 Å². The first-order chi connectivity index (χ1) is 17.6. The van der Waals surface area contributed by atoms with Crippen LogP contribution in [0.3, 0.4) is 0 Å². The first-order valence-corrected chi connectivity index (χ1v) is 15.6. The highest BCUT2D eigenvalue weighted by Crippen LogP contribution is 2.72. The number of rotatable bonds is 7. The van der Waals surface area contributed by atoms with Crippen LogP contribution in [-0.2, 0) is 9.53 Å². The number of ether oxygens (including phenoxy) is 1. The van der Waals surface area contributed by atoms with Gasteiger partial charge in [0, 0.05) is 5.41 Å². The molecule has 4 aliphatic rings. The van der Waals surface area contributed by atoms with E-state index in [0.717, 1.165) is 24.7 Å². The van der Waals surface area contributed by atoms with Gasteiger partial charge in [0.15, 0.2) is 0 Å². The molecule has 3 N–H and O–H groups in total. The van der Waals surface area contributed by atoms with Crippen LogP contribution in [0.4, 0.5) is 0 Å². The Morgan fingerprint density at radius 1 is 1.03 bits per heavy atom. The summed E-state index contributed by atoms with van der Waals surface area (Å²) in [5.74, 6) is 1.59. The number of aliphatic hydroxyl groups is 1. The van der Waals surface area contributed by atoms with Crippen molar-refractivity contribution in [1.82, 2.24) is 0 Å². The summed E-state index contributed by atoms with van der Waals surface area (Å²) < 4.78 is 6.01. The third-order valence-electron chi connectivity index (χ3n) is 12.7. The first-order valence-electron chi connectivity index (χ1n) is 15.6. The molecule has 0 bridgehead atoms. The quantitative estimate of drug-likeness (QED) is 0.262. The topological polar surface area (TPSA) is 72.5 Å². The molecule has 2 unspecified atom stereocenters. The van der Waals surface area contributed by atoms with Crippen LogP contribution in [0.25, 0.3) is 0 Å². The molecule has 0 amide bonds. The Bertz CT molecular complexity index is 974. The molecule has 2 saturated carbocycles. The number of fused-ring (bicyclic) bond motifs is 4. The van der Waals surface area contributed by atoms with E-state index in [-0.39, 0.29) is 16.9 Å². The summed E-state index contributed by atoms with van der Waals surface area (Å²) in [5, 5.41) is 9.81. The Morgan fingerprint density at radius 3 is 2.34 bits per heavy atom. The van der Waals surface area contributed by atoms with Gasteiger partial charge in [-0.15, -0.1) is 0 Å². The van der Waals surface area contributed by atoms with Crippen LogP contribution in [-0.4, -0.2) is 29.3 Å². The molecule has 0 spiro atoms. The van der Waals surface area contributed by atoms with Gasteiger partial charge in [0.25, 0.3) is 0 Å². The van der Waals surface area contributed by atoms with E-state index in [4.69, 9.17) is 10.5 Å². The predicted octanol–water partition coefficient (Wildman–Crippen LogP) is 7.74. The van der Waals surface area contributed by atoms with Gasteiger partial charge < -0.3 is 15.6 Å². The van der Waals surface area contributed by atoms with Gasteiger partial charge >= 0.3 is 5.97 Å². The van der Waals surface area contributed by atoms with Crippen molar-refractivity contribution in [2.24, 2.45) is 45.1 Å². The molecular weight excluding hydrogens is 470 g/mol. The van der Waals surface area contributed by atoms with Gasteiger partial charge in [0.1, 0.15) is 12.1 Å².